The van der Waals surface area contributed by atoms with Crippen molar-refractivity contribution in [1.29, 1.82) is 0 Å². The third-order valence-electron chi connectivity index (χ3n) is 4.97. The fourth-order valence-electron chi connectivity index (χ4n) is 3.30. The lowest BCUT2D eigenvalue weighted by Gasteiger charge is -2.12. The van der Waals surface area contributed by atoms with Gasteiger partial charge in [-0.15, -0.1) is 10.2 Å². The summed E-state index contributed by atoms with van der Waals surface area (Å²) in [5, 5.41) is 12.3. The molecule has 0 radical (unpaired) electrons. The average molecular weight is 475 g/mol. The fourth-order valence-corrected chi connectivity index (χ4v) is 4.07. The van der Waals surface area contributed by atoms with Crippen molar-refractivity contribution in [3.8, 4) is 17.2 Å². The van der Waals surface area contributed by atoms with E-state index in [1.54, 1.807) is 0 Å². The smallest absolute Gasteiger partial charge is 0.234 e. The Morgan fingerprint density at radius 2 is 1.62 bits per heavy atom. The van der Waals surface area contributed by atoms with Crippen molar-refractivity contribution >= 4 is 23.4 Å². The molecule has 4 aromatic rings. The molecule has 0 fully saturated rings. The molecule has 1 aromatic heterocycles. The molecule has 0 aliphatic carbocycles. The first-order valence-corrected chi connectivity index (χ1v) is 12.0. The van der Waals surface area contributed by atoms with Crippen LogP contribution < -0.4 is 14.8 Å². The van der Waals surface area contributed by atoms with E-state index in [0.717, 1.165) is 28.4 Å². The highest BCUT2D eigenvalue weighted by molar-refractivity contribution is 7.99. The molecule has 0 bridgehead atoms. The zero-order valence-electron chi connectivity index (χ0n) is 19.1. The number of aromatic nitrogens is 3. The Morgan fingerprint density at radius 3 is 2.35 bits per heavy atom. The van der Waals surface area contributed by atoms with Gasteiger partial charge in [0.05, 0.1) is 12.4 Å². The molecule has 3 aromatic carbocycles. The molecule has 0 saturated carbocycles. The number of hydrogen-bond donors (Lipinski definition) is 1. The van der Waals surface area contributed by atoms with Gasteiger partial charge in [0.2, 0.25) is 5.91 Å². The number of rotatable bonds is 10. The second kappa shape index (κ2) is 11.4. The monoisotopic (exact) mass is 474 g/mol. The van der Waals surface area contributed by atoms with Crippen molar-refractivity contribution in [2.45, 2.75) is 25.6 Å². The molecule has 0 saturated heterocycles. The van der Waals surface area contributed by atoms with Gasteiger partial charge in [-0.1, -0.05) is 48.2 Å². The van der Waals surface area contributed by atoms with Gasteiger partial charge in [0.15, 0.2) is 11.0 Å². The first kappa shape index (κ1) is 23.4. The summed E-state index contributed by atoms with van der Waals surface area (Å²) < 4.78 is 13.4. The van der Waals surface area contributed by atoms with Gasteiger partial charge in [0.25, 0.3) is 0 Å². The van der Waals surface area contributed by atoms with Crippen LogP contribution in [0.4, 0.5) is 5.69 Å². The standard InChI is InChI=1S/C26H26N4O3S/c1-3-32-22-15-13-20(14-16-22)30-24(17-33-21-10-5-4-6-11-21)28-29-26(30)34-18-25(31)27-23-12-8-7-9-19(23)2/h4-16H,3,17-18H2,1-2H3,(H,27,31). The van der Waals surface area contributed by atoms with E-state index in [-0.39, 0.29) is 18.3 Å². The van der Waals surface area contributed by atoms with E-state index < -0.39 is 0 Å². The van der Waals surface area contributed by atoms with Crippen LogP contribution in [0.1, 0.15) is 18.3 Å². The molecule has 34 heavy (non-hydrogen) atoms. The minimum atomic E-state index is -0.109. The van der Waals surface area contributed by atoms with Gasteiger partial charge in [-0.05, 0) is 61.9 Å². The number of nitrogens with zero attached hydrogens (tertiary/aromatic N) is 3. The van der Waals surface area contributed by atoms with Gasteiger partial charge >= 0.3 is 0 Å². The number of hydrogen-bond acceptors (Lipinski definition) is 6. The molecule has 0 aliphatic heterocycles. The van der Waals surface area contributed by atoms with E-state index in [1.807, 2.05) is 97.3 Å². The van der Waals surface area contributed by atoms with Crippen molar-refractivity contribution in [3.05, 3.63) is 90.3 Å². The van der Waals surface area contributed by atoms with E-state index in [2.05, 4.69) is 15.5 Å². The number of carbonyl (C=O) groups excluding carboxylic acids is 1. The highest BCUT2D eigenvalue weighted by Crippen LogP contribution is 2.25. The van der Waals surface area contributed by atoms with Gasteiger partial charge in [-0.2, -0.15) is 0 Å². The molecular weight excluding hydrogens is 448 g/mol. The van der Waals surface area contributed by atoms with Crippen molar-refractivity contribution in [3.63, 3.8) is 0 Å². The maximum atomic E-state index is 12.6. The van der Waals surface area contributed by atoms with Crippen LogP contribution in [0.2, 0.25) is 0 Å². The first-order valence-electron chi connectivity index (χ1n) is 11.0. The fraction of sp³-hybridized carbons (Fsp3) is 0.192. The molecule has 174 valence electrons. The Morgan fingerprint density at radius 1 is 0.912 bits per heavy atom. The number of thioether (sulfide) groups is 1. The summed E-state index contributed by atoms with van der Waals surface area (Å²) in [6, 6.07) is 24.9. The topological polar surface area (TPSA) is 78.3 Å². The number of anilines is 1. The van der Waals surface area contributed by atoms with Crippen LogP contribution in [0.25, 0.3) is 5.69 Å². The highest BCUT2D eigenvalue weighted by Gasteiger charge is 2.17. The second-order valence-corrected chi connectivity index (χ2v) is 8.36. The van der Waals surface area contributed by atoms with E-state index in [4.69, 9.17) is 9.47 Å². The summed E-state index contributed by atoms with van der Waals surface area (Å²) in [4.78, 5) is 12.6. The first-order chi connectivity index (χ1) is 16.6. The second-order valence-electron chi connectivity index (χ2n) is 7.41. The number of para-hydroxylation sites is 2. The molecule has 1 N–H and O–H groups in total. The molecular formula is C26H26N4O3S. The minimum absolute atomic E-state index is 0.109. The van der Waals surface area contributed by atoms with E-state index in [9.17, 15) is 4.79 Å². The normalized spacial score (nSPS) is 10.6. The third kappa shape index (κ3) is 5.96. The number of benzene rings is 3. The van der Waals surface area contributed by atoms with Crippen molar-refractivity contribution in [1.82, 2.24) is 14.8 Å². The molecule has 7 nitrogen and oxygen atoms in total. The number of amides is 1. The number of ether oxygens (including phenoxy) is 2. The van der Waals surface area contributed by atoms with Crippen molar-refractivity contribution in [2.24, 2.45) is 0 Å². The van der Waals surface area contributed by atoms with E-state index in [1.165, 1.54) is 11.8 Å². The maximum absolute atomic E-state index is 12.6. The van der Waals surface area contributed by atoms with Crippen LogP contribution in [-0.2, 0) is 11.4 Å². The molecule has 0 atom stereocenters. The van der Waals surface area contributed by atoms with Crippen molar-refractivity contribution in [2.75, 3.05) is 17.7 Å². The molecule has 4 rings (SSSR count). The predicted molar refractivity (Wildman–Crippen MR) is 134 cm³/mol. The van der Waals surface area contributed by atoms with Crippen LogP contribution in [0, 0.1) is 6.92 Å². The number of aryl methyl sites for hydroxylation is 1. The summed E-state index contributed by atoms with van der Waals surface area (Å²) in [5.74, 6) is 2.25. The van der Waals surface area contributed by atoms with Gasteiger partial charge < -0.3 is 14.8 Å². The number of nitrogens with one attached hydrogen (secondary N) is 1. The lowest BCUT2D eigenvalue weighted by Crippen LogP contribution is -2.15. The molecule has 0 spiro atoms. The lowest BCUT2D eigenvalue weighted by molar-refractivity contribution is -0.113. The van der Waals surface area contributed by atoms with Gasteiger partial charge in [-0.25, -0.2) is 0 Å². The molecule has 0 aliphatic rings. The van der Waals surface area contributed by atoms with Gasteiger partial charge in [-0.3, -0.25) is 9.36 Å². The molecule has 0 unspecified atom stereocenters. The van der Waals surface area contributed by atoms with E-state index in [0.29, 0.717) is 17.6 Å². The number of carbonyl (C=O) groups is 1. The summed E-state index contributed by atoms with van der Waals surface area (Å²) >= 11 is 1.32. The van der Waals surface area contributed by atoms with Crippen LogP contribution in [0.15, 0.2) is 84.0 Å². The lowest BCUT2D eigenvalue weighted by atomic mass is 10.2. The van der Waals surface area contributed by atoms with Crippen LogP contribution in [-0.4, -0.2) is 33.0 Å². The Balaban J connectivity index is 1.52. The Labute approximate surface area is 203 Å². The van der Waals surface area contributed by atoms with Crippen LogP contribution in [0.3, 0.4) is 0 Å². The summed E-state index contributed by atoms with van der Waals surface area (Å²) in [5.41, 5.74) is 2.68. The Kier molecular flexibility index (Phi) is 7.83. The van der Waals surface area contributed by atoms with E-state index >= 15 is 0 Å². The van der Waals surface area contributed by atoms with Gasteiger partial charge in [0, 0.05) is 11.4 Å². The summed E-state index contributed by atoms with van der Waals surface area (Å²) in [7, 11) is 0. The van der Waals surface area contributed by atoms with Crippen LogP contribution in [0.5, 0.6) is 11.5 Å². The molecule has 1 amide bonds. The Bertz CT molecular complexity index is 1230. The molecule has 1 heterocycles. The largest absolute Gasteiger partial charge is 0.494 e. The zero-order valence-corrected chi connectivity index (χ0v) is 19.9. The van der Waals surface area contributed by atoms with Crippen molar-refractivity contribution < 1.29 is 14.3 Å². The zero-order chi connectivity index (χ0) is 23.8. The van der Waals surface area contributed by atoms with Crippen LogP contribution >= 0.6 is 11.8 Å². The summed E-state index contributed by atoms with van der Waals surface area (Å²) in [6.45, 7) is 4.74. The minimum Gasteiger partial charge on any atom is -0.494 e. The maximum Gasteiger partial charge on any atom is 0.234 e. The Hall–Kier alpha value is -3.78. The summed E-state index contributed by atoms with van der Waals surface area (Å²) in [6.07, 6.45) is 0. The average Bonchev–Trinajstić information content (AvgIpc) is 3.27. The third-order valence-corrected chi connectivity index (χ3v) is 5.90. The quantitative estimate of drug-likeness (QED) is 0.315. The predicted octanol–water partition coefficient (Wildman–Crippen LogP) is 5.28. The molecule has 8 heteroatoms. The highest BCUT2D eigenvalue weighted by atomic mass is 32.2. The van der Waals surface area contributed by atoms with Gasteiger partial charge in [0.1, 0.15) is 18.1 Å². The SMILES string of the molecule is CCOc1ccc(-n2c(COc3ccccc3)nnc2SCC(=O)Nc2ccccc2C)cc1.